The van der Waals surface area contributed by atoms with Crippen LogP contribution >= 0.6 is 0 Å². The maximum absolute atomic E-state index is 11.7. The smallest absolute Gasteiger partial charge is 0.274 e. The molecule has 0 aliphatic heterocycles. The molecule has 1 N–H and O–H groups in total. The SMILES string of the molecule is Cc1onc(C(=O)NCc2ccco2)c1C. The lowest BCUT2D eigenvalue weighted by Crippen LogP contribution is -2.23. The van der Waals surface area contributed by atoms with Gasteiger partial charge in [-0.1, -0.05) is 5.16 Å². The summed E-state index contributed by atoms with van der Waals surface area (Å²) in [6.07, 6.45) is 1.56. The molecule has 0 radical (unpaired) electrons. The molecule has 0 bridgehead atoms. The third-order valence-corrected chi connectivity index (χ3v) is 2.38. The van der Waals surface area contributed by atoms with Crippen molar-refractivity contribution in [2.45, 2.75) is 20.4 Å². The van der Waals surface area contributed by atoms with E-state index in [1.807, 2.05) is 0 Å². The fraction of sp³-hybridized carbons (Fsp3) is 0.273. The van der Waals surface area contributed by atoms with Gasteiger partial charge in [0.15, 0.2) is 5.69 Å². The summed E-state index contributed by atoms with van der Waals surface area (Å²) in [6.45, 7) is 3.91. The van der Waals surface area contributed by atoms with Crippen molar-refractivity contribution in [1.82, 2.24) is 10.5 Å². The molecule has 2 heterocycles. The average Bonchev–Trinajstić information content (AvgIpc) is 2.88. The van der Waals surface area contributed by atoms with Gasteiger partial charge in [-0.3, -0.25) is 4.79 Å². The molecule has 0 spiro atoms. The van der Waals surface area contributed by atoms with Gasteiger partial charge in [0.05, 0.1) is 12.8 Å². The first-order chi connectivity index (χ1) is 7.68. The van der Waals surface area contributed by atoms with Gasteiger partial charge >= 0.3 is 0 Å². The third-order valence-electron chi connectivity index (χ3n) is 2.38. The first-order valence-electron chi connectivity index (χ1n) is 4.92. The Hall–Kier alpha value is -2.04. The second-order valence-electron chi connectivity index (χ2n) is 3.47. The summed E-state index contributed by atoms with van der Waals surface area (Å²) in [7, 11) is 0. The van der Waals surface area contributed by atoms with Crippen LogP contribution in [0, 0.1) is 13.8 Å². The van der Waals surface area contributed by atoms with Gasteiger partial charge in [-0.05, 0) is 26.0 Å². The fourth-order valence-electron chi connectivity index (χ4n) is 1.29. The van der Waals surface area contributed by atoms with Crippen LogP contribution in [0.2, 0.25) is 0 Å². The average molecular weight is 220 g/mol. The molecule has 1 amide bonds. The molecule has 0 unspecified atom stereocenters. The number of nitrogens with zero attached hydrogens (tertiary/aromatic N) is 1. The Morgan fingerprint density at radius 1 is 1.50 bits per heavy atom. The molecule has 5 nitrogen and oxygen atoms in total. The summed E-state index contributed by atoms with van der Waals surface area (Å²) in [4.78, 5) is 11.7. The molecule has 5 heteroatoms. The van der Waals surface area contributed by atoms with E-state index in [4.69, 9.17) is 8.94 Å². The zero-order valence-corrected chi connectivity index (χ0v) is 9.11. The Labute approximate surface area is 92.4 Å². The number of hydrogen-bond acceptors (Lipinski definition) is 4. The minimum atomic E-state index is -0.259. The van der Waals surface area contributed by atoms with E-state index >= 15 is 0 Å². The molecule has 2 aromatic rings. The van der Waals surface area contributed by atoms with E-state index < -0.39 is 0 Å². The lowest BCUT2D eigenvalue weighted by atomic mass is 10.2. The Morgan fingerprint density at radius 3 is 2.88 bits per heavy atom. The van der Waals surface area contributed by atoms with E-state index in [1.54, 1.807) is 32.2 Å². The first kappa shape index (κ1) is 10.5. The predicted octanol–water partition coefficient (Wildman–Crippen LogP) is 1.81. The highest BCUT2D eigenvalue weighted by Gasteiger charge is 2.16. The van der Waals surface area contributed by atoms with Crippen molar-refractivity contribution in [3.8, 4) is 0 Å². The standard InChI is InChI=1S/C11H12N2O3/c1-7-8(2)16-13-10(7)11(14)12-6-9-4-3-5-15-9/h3-5H,6H2,1-2H3,(H,12,14). The minimum absolute atomic E-state index is 0.259. The van der Waals surface area contributed by atoms with Crippen molar-refractivity contribution >= 4 is 5.91 Å². The number of carbonyl (C=O) groups is 1. The number of aryl methyl sites for hydroxylation is 1. The maximum Gasteiger partial charge on any atom is 0.274 e. The van der Waals surface area contributed by atoms with Gasteiger partial charge in [0, 0.05) is 5.56 Å². The molecule has 0 fully saturated rings. The Balaban J connectivity index is 2.01. The molecular weight excluding hydrogens is 208 g/mol. The van der Waals surface area contributed by atoms with Crippen LogP contribution in [0.25, 0.3) is 0 Å². The van der Waals surface area contributed by atoms with Gasteiger partial charge in [-0.15, -0.1) is 0 Å². The maximum atomic E-state index is 11.7. The van der Waals surface area contributed by atoms with Crippen LogP contribution in [0.3, 0.4) is 0 Å². The van der Waals surface area contributed by atoms with Crippen molar-refractivity contribution in [3.05, 3.63) is 41.2 Å². The largest absolute Gasteiger partial charge is 0.467 e. The number of aromatic nitrogens is 1. The summed E-state index contributed by atoms with van der Waals surface area (Å²) >= 11 is 0. The summed E-state index contributed by atoms with van der Waals surface area (Å²) in [5.41, 5.74) is 1.08. The van der Waals surface area contributed by atoms with Gasteiger partial charge in [-0.2, -0.15) is 0 Å². The molecule has 84 valence electrons. The second-order valence-corrected chi connectivity index (χ2v) is 3.47. The first-order valence-corrected chi connectivity index (χ1v) is 4.92. The molecule has 2 rings (SSSR count). The molecule has 16 heavy (non-hydrogen) atoms. The van der Waals surface area contributed by atoms with Crippen LogP contribution in [0.15, 0.2) is 27.3 Å². The molecule has 0 atom stereocenters. The highest BCUT2D eigenvalue weighted by molar-refractivity contribution is 5.93. The van der Waals surface area contributed by atoms with E-state index in [0.29, 0.717) is 23.8 Å². The molecule has 0 aliphatic rings. The van der Waals surface area contributed by atoms with Gasteiger partial charge in [0.25, 0.3) is 5.91 Å². The highest BCUT2D eigenvalue weighted by Crippen LogP contribution is 2.11. The highest BCUT2D eigenvalue weighted by atomic mass is 16.5. The molecular formula is C11H12N2O3. The van der Waals surface area contributed by atoms with Crippen LogP contribution < -0.4 is 5.32 Å². The third kappa shape index (κ3) is 1.98. The monoisotopic (exact) mass is 220 g/mol. The van der Waals surface area contributed by atoms with Crippen molar-refractivity contribution in [2.24, 2.45) is 0 Å². The lowest BCUT2D eigenvalue weighted by molar-refractivity contribution is 0.0938. The molecule has 0 saturated carbocycles. The molecule has 0 saturated heterocycles. The number of amides is 1. The van der Waals surface area contributed by atoms with E-state index in [1.165, 1.54) is 0 Å². The number of nitrogens with one attached hydrogen (secondary N) is 1. The fourth-order valence-corrected chi connectivity index (χ4v) is 1.29. The zero-order chi connectivity index (χ0) is 11.5. The zero-order valence-electron chi connectivity index (χ0n) is 9.11. The number of rotatable bonds is 3. The van der Waals surface area contributed by atoms with Gasteiger partial charge in [-0.25, -0.2) is 0 Å². The summed E-state index contributed by atoms with van der Waals surface area (Å²) in [6, 6.07) is 3.56. The van der Waals surface area contributed by atoms with Gasteiger partial charge in [0.1, 0.15) is 11.5 Å². The summed E-state index contributed by atoms with van der Waals surface area (Å²) in [5, 5.41) is 6.40. The summed E-state index contributed by atoms with van der Waals surface area (Å²) in [5.74, 6) is 1.10. The van der Waals surface area contributed by atoms with Crippen LogP contribution in [0.1, 0.15) is 27.6 Å². The van der Waals surface area contributed by atoms with Crippen molar-refractivity contribution in [2.75, 3.05) is 0 Å². The topological polar surface area (TPSA) is 68.3 Å². The minimum Gasteiger partial charge on any atom is -0.467 e. The summed E-state index contributed by atoms with van der Waals surface area (Å²) < 4.78 is 10.0. The number of carbonyl (C=O) groups excluding carboxylic acids is 1. The van der Waals surface area contributed by atoms with Crippen LogP contribution in [-0.4, -0.2) is 11.1 Å². The molecule has 0 aliphatic carbocycles. The van der Waals surface area contributed by atoms with E-state index in [9.17, 15) is 4.79 Å². The number of furan rings is 1. The lowest BCUT2D eigenvalue weighted by Gasteiger charge is -2.00. The van der Waals surface area contributed by atoms with Crippen molar-refractivity contribution in [1.29, 1.82) is 0 Å². The van der Waals surface area contributed by atoms with Gasteiger partial charge < -0.3 is 14.3 Å². The van der Waals surface area contributed by atoms with Crippen molar-refractivity contribution < 1.29 is 13.7 Å². The molecule has 0 aromatic carbocycles. The van der Waals surface area contributed by atoms with E-state index in [-0.39, 0.29) is 5.91 Å². The Morgan fingerprint density at radius 2 is 2.31 bits per heavy atom. The molecule has 2 aromatic heterocycles. The quantitative estimate of drug-likeness (QED) is 0.856. The van der Waals surface area contributed by atoms with Gasteiger partial charge in [0.2, 0.25) is 0 Å². The van der Waals surface area contributed by atoms with Crippen LogP contribution in [-0.2, 0) is 6.54 Å². The second kappa shape index (κ2) is 4.22. The van der Waals surface area contributed by atoms with E-state index in [2.05, 4.69) is 10.5 Å². The van der Waals surface area contributed by atoms with E-state index in [0.717, 1.165) is 5.56 Å². The van der Waals surface area contributed by atoms with Crippen LogP contribution in [0.5, 0.6) is 0 Å². The normalized spacial score (nSPS) is 10.4. The van der Waals surface area contributed by atoms with Crippen LogP contribution in [0.4, 0.5) is 0 Å². The Kier molecular flexibility index (Phi) is 2.76. The van der Waals surface area contributed by atoms with Crippen molar-refractivity contribution in [3.63, 3.8) is 0 Å². The number of hydrogen-bond donors (Lipinski definition) is 1. The predicted molar refractivity (Wildman–Crippen MR) is 55.9 cm³/mol. The Bertz CT molecular complexity index is 485.